The highest BCUT2D eigenvalue weighted by atomic mass is 16.6. The van der Waals surface area contributed by atoms with Crippen LogP contribution in [0.25, 0.3) is 0 Å². The minimum atomic E-state index is -0.430. The number of fused-ring (bicyclic) bond motifs is 3. The molecule has 0 amide bonds. The third-order valence-electron chi connectivity index (χ3n) is 9.39. The lowest BCUT2D eigenvalue weighted by molar-refractivity contribution is -0.145. The molecule has 0 saturated heterocycles. The van der Waals surface area contributed by atoms with Crippen molar-refractivity contribution in [1.82, 2.24) is 0 Å². The first-order valence-corrected chi connectivity index (χ1v) is 16.0. The molecule has 0 radical (unpaired) electrons. The van der Waals surface area contributed by atoms with Gasteiger partial charge in [-0.05, 0) is 79.3 Å². The van der Waals surface area contributed by atoms with E-state index in [0.29, 0.717) is 32.0 Å². The fourth-order valence-corrected chi connectivity index (χ4v) is 6.93. The number of ether oxygens (including phenoxy) is 4. The molecule has 2 bridgehead atoms. The van der Waals surface area contributed by atoms with Crippen LogP contribution >= 0.6 is 0 Å². The van der Waals surface area contributed by atoms with Gasteiger partial charge in [-0.3, -0.25) is 0 Å². The molecule has 4 atom stereocenters. The predicted molar refractivity (Wildman–Crippen MR) is 169 cm³/mol. The summed E-state index contributed by atoms with van der Waals surface area (Å²) in [5.74, 6) is 2.09. The maximum atomic E-state index is 11.6. The molecule has 0 aliphatic heterocycles. The smallest absolute Gasteiger partial charge is 0.330 e. The Morgan fingerprint density at radius 1 is 0.744 bits per heavy atom. The predicted octanol–water partition coefficient (Wildman–Crippen LogP) is 8.13. The summed E-state index contributed by atoms with van der Waals surface area (Å²) >= 11 is 0. The fourth-order valence-electron chi connectivity index (χ4n) is 6.93. The molecule has 0 spiro atoms. The largest absolute Gasteiger partial charge is 0.490 e. The van der Waals surface area contributed by atoms with Crippen molar-refractivity contribution in [3.8, 4) is 11.5 Å². The lowest BCUT2D eigenvalue weighted by Crippen LogP contribution is -2.37. The number of hydrogen-bond donors (Lipinski definition) is 0. The van der Waals surface area contributed by atoms with Crippen LogP contribution in [0.15, 0.2) is 73.8 Å². The normalized spacial score (nSPS) is 23.0. The van der Waals surface area contributed by atoms with E-state index in [2.05, 4.69) is 61.7 Å². The molecular weight excluding hydrogens is 540 g/mol. The second-order valence-corrected chi connectivity index (χ2v) is 11.9. The van der Waals surface area contributed by atoms with Gasteiger partial charge in [0.1, 0.15) is 36.9 Å². The first-order valence-electron chi connectivity index (χ1n) is 16.0. The minimum Gasteiger partial charge on any atom is -0.490 e. The highest BCUT2D eigenvalue weighted by Gasteiger charge is 2.43. The zero-order valence-electron chi connectivity index (χ0n) is 25.9. The number of hydrogen-bond acceptors (Lipinski definition) is 6. The van der Waals surface area contributed by atoms with Gasteiger partial charge in [0, 0.05) is 17.6 Å². The monoisotopic (exact) mass is 588 g/mol. The van der Waals surface area contributed by atoms with Crippen LogP contribution in [-0.4, -0.2) is 37.4 Å². The molecule has 6 nitrogen and oxygen atoms in total. The standard InChI is InChI=1S/C37H48O6/c1-5-31(42-35(38)7-3)25-40-33-20-16-29(17-21-33)37(24-10-12-27-11-9-13-28(37)15-14-27)30-18-22-34(23-19-30)41-26-32(6-2)43-36(39)8-4/h7-8,16-23,27-28,31-32H,3-6,9-15,24-26H2,1-2H3/t27?,28-,31?,32?,37?/m1/s1. The van der Waals surface area contributed by atoms with E-state index in [0.717, 1.165) is 23.8 Å². The van der Waals surface area contributed by atoms with Gasteiger partial charge in [-0.1, -0.05) is 83.4 Å². The van der Waals surface area contributed by atoms with E-state index in [1.807, 2.05) is 13.8 Å². The molecular formula is C37H48O6. The Labute approximate surface area is 257 Å². The Balaban J connectivity index is 1.57. The highest BCUT2D eigenvalue weighted by Crippen LogP contribution is 2.52. The van der Waals surface area contributed by atoms with Crippen LogP contribution in [0.4, 0.5) is 0 Å². The van der Waals surface area contributed by atoms with E-state index < -0.39 is 11.9 Å². The Bertz CT molecular complexity index is 1120. The SMILES string of the molecule is C=CC(=O)OC(CC)COc1ccc(C2(c3ccc(OCC(CC)OC(=O)C=C)cc3)CCCC3CCC[C@@H]2CC3)cc1. The molecule has 2 aliphatic rings. The van der Waals surface area contributed by atoms with Crippen molar-refractivity contribution in [2.75, 3.05) is 13.2 Å². The van der Waals surface area contributed by atoms with Gasteiger partial charge in [0.05, 0.1) is 0 Å². The number of carbonyl (C=O) groups excluding carboxylic acids is 2. The highest BCUT2D eigenvalue weighted by molar-refractivity contribution is 5.81. The van der Waals surface area contributed by atoms with Crippen molar-refractivity contribution in [3.05, 3.63) is 85.0 Å². The Hall–Kier alpha value is -3.54. The summed E-state index contributed by atoms with van der Waals surface area (Å²) in [6.45, 7) is 11.5. The summed E-state index contributed by atoms with van der Waals surface area (Å²) in [6.07, 6.45) is 13.1. The van der Waals surface area contributed by atoms with Gasteiger partial charge in [-0.15, -0.1) is 0 Å². The molecule has 43 heavy (non-hydrogen) atoms. The molecule has 2 aromatic carbocycles. The maximum absolute atomic E-state index is 11.6. The quantitative estimate of drug-likeness (QED) is 0.164. The third kappa shape index (κ3) is 8.31. The van der Waals surface area contributed by atoms with Crippen LogP contribution in [0, 0.1) is 11.8 Å². The summed E-state index contributed by atoms with van der Waals surface area (Å²) in [5.41, 5.74) is 2.56. The van der Waals surface area contributed by atoms with Crippen molar-refractivity contribution in [1.29, 1.82) is 0 Å². The molecule has 232 valence electrons. The van der Waals surface area contributed by atoms with E-state index >= 15 is 0 Å². The number of carbonyl (C=O) groups is 2. The third-order valence-corrected chi connectivity index (χ3v) is 9.39. The lowest BCUT2D eigenvalue weighted by atomic mass is 9.60. The van der Waals surface area contributed by atoms with Crippen molar-refractivity contribution < 1.29 is 28.5 Å². The number of benzene rings is 2. The van der Waals surface area contributed by atoms with Crippen molar-refractivity contribution in [3.63, 3.8) is 0 Å². The number of rotatable bonds is 14. The van der Waals surface area contributed by atoms with E-state index in [1.165, 1.54) is 68.2 Å². The van der Waals surface area contributed by atoms with Gasteiger partial charge in [-0.2, -0.15) is 0 Å². The summed E-state index contributed by atoms with van der Waals surface area (Å²) in [4.78, 5) is 23.3. The van der Waals surface area contributed by atoms with Crippen molar-refractivity contribution in [2.24, 2.45) is 11.8 Å². The second-order valence-electron chi connectivity index (χ2n) is 11.9. The Morgan fingerprint density at radius 2 is 1.23 bits per heavy atom. The van der Waals surface area contributed by atoms with Crippen molar-refractivity contribution in [2.45, 2.75) is 95.7 Å². The zero-order valence-corrected chi connectivity index (χ0v) is 25.9. The first-order chi connectivity index (χ1) is 20.9. The molecule has 2 aliphatic carbocycles. The lowest BCUT2D eigenvalue weighted by Gasteiger charge is -2.43. The van der Waals surface area contributed by atoms with Gasteiger partial charge in [0.25, 0.3) is 0 Å². The van der Waals surface area contributed by atoms with Gasteiger partial charge in [0.15, 0.2) is 0 Å². The molecule has 0 N–H and O–H groups in total. The average molecular weight is 589 g/mol. The van der Waals surface area contributed by atoms with E-state index in [4.69, 9.17) is 18.9 Å². The van der Waals surface area contributed by atoms with Crippen LogP contribution in [-0.2, 0) is 24.5 Å². The maximum Gasteiger partial charge on any atom is 0.330 e. The average Bonchev–Trinajstić information content (AvgIpc) is 3.24. The van der Waals surface area contributed by atoms with Gasteiger partial charge < -0.3 is 18.9 Å². The molecule has 0 aromatic heterocycles. The van der Waals surface area contributed by atoms with Crippen LogP contribution < -0.4 is 9.47 Å². The zero-order chi connectivity index (χ0) is 30.7. The Kier molecular flexibility index (Phi) is 11.9. The molecule has 4 rings (SSSR count). The second kappa shape index (κ2) is 15.8. The van der Waals surface area contributed by atoms with E-state index in [1.54, 1.807) is 0 Å². The molecule has 2 fully saturated rings. The van der Waals surface area contributed by atoms with E-state index in [-0.39, 0.29) is 17.6 Å². The molecule has 6 heteroatoms. The molecule has 2 aromatic rings. The first kappa shape index (κ1) is 32.4. The van der Waals surface area contributed by atoms with E-state index in [9.17, 15) is 9.59 Å². The summed E-state index contributed by atoms with van der Waals surface area (Å²) < 4.78 is 22.9. The van der Waals surface area contributed by atoms with Crippen LogP contribution in [0.3, 0.4) is 0 Å². The number of esters is 2. The molecule has 2 saturated carbocycles. The molecule has 3 unspecified atom stereocenters. The molecule has 0 heterocycles. The van der Waals surface area contributed by atoms with Gasteiger partial charge >= 0.3 is 11.9 Å². The Morgan fingerprint density at radius 3 is 1.70 bits per heavy atom. The topological polar surface area (TPSA) is 71.1 Å². The summed E-state index contributed by atoms with van der Waals surface area (Å²) in [5, 5.41) is 0. The van der Waals surface area contributed by atoms with Crippen LogP contribution in [0.2, 0.25) is 0 Å². The van der Waals surface area contributed by atoms with Gasteiger partial charge in [-0.25, -0.2) is 9.59 Å². The summed E-state index contributed by atoms with van der Waals surface area (Å²) in [6, 6.07) is 17.2. The fraction of sp³-hybridized carbons (Fsp3) is 0.514. The minimum absolute atomic E-state index is 0.0940. The summed E-state index contributed by atoms with van der Waals surface area (Å²) in [7, 11) is 0. The van der Waals surface area contributed by atoms with Crippen LogP contribution in [0.5, 0.6) is 11.5 Å². The van der Waals surface area contributed by atoms with Crippen molar-refractivity contribution >= 4 is 11.9 Å². The van der Waals surface area contributed by atoms with Gasteiger partial charge in [0.2, 0.25) is 0 Å². The van der Waals surface area contributed by atoms with Crippen LogP contribution in [0.1, 0.15) is 89.2 Å².